The van der Waals surface area contributed by atoms with E-state index in [-0.39, 0.29) is 20.4 Å². The van der Waals surface area contributed by atoms with E-state index in [9.17, 15) is 0 Å². The monoisotopic (exact) mass is 292 g/mol. The summed E-state index contributed by atoms with van der Waals surface area (Å²) < 4.78 is 0. The van der Waals surface area contributed by atoms with Crippen LogP contribution >= 0.6 is 0 Å². The molecule has 9 heavy (non-hydrogen) atoms. The average molecular weight is 291 g/mol. The van der Waals surface area contributed by atoms with Crippen LogP contribution in [0.25, 0.3) is 0 Å². The van der Waals surface area contributed by atoms with Crippen LogP contribution in [0.5, 0.6) is 0 Å². The summed E-state index contributed by atoms with van der Waals surface area (Å²) in [5.41, 5.74) is 1.30. The Hall–Kier alpha value is -0.118. The molecule has 0 nitrogen and oxygen atoms in total. The molecule has 0 saturated carbocycles. The second-order valence-corrected chi connectivity index (χ2v) is 1.74. The maximum Gasteiger partial charge on any atom is 0 e. The van der Waals surface area contributed by atoms with Crippen molar-refractivity contribution in [2.24, 2.45) is 0 Å². The van der Waals surface area contributed by atoms with E-state index in [1.54, 1.807) is 0 Å². The van der Waals surface area contributed by atoms with Gasteiger partial charge in [0.25, 0.3) is 0 Å². The molecule has 49 valence electrons. The van der Waals surface area contributed by atoms with E-state index in [1.165, 1.54) is 5.56 Å². The first-order valence-corrected chi connectivity index (χ1v) is 2.76. The summed E-state index contributed by atoms with van der Waals surface area (Å²) >= 11 is 0. The van der Waals surface area contributed by atoms with Crippen LogP contribution in [0.15, 0.2) is 30.3 Å². The van der Waals surface area contributed by atoms with E-state index < -0.39 is 0 Å². The predicted molar refractivity (Wildman–Crippen MR) is 35.5 cm³/mol. The zero-order valence-corrected chi connectivity index (χ0v) is 7.89. The summed E-state index contributed by atoms with van der Waals surface area (Å²) in [5.74, 6) is 0. The molecule has 0 aliphatic carbocycles. The summed E-state index contributed by atoms with van der Waals surface area (Å²) in [5, 5.41) is 0. The molecule has 0 unspecified atom stereocenters. The van der Waals surface area contributed by atoms with Gasteiger partial charge in [0, 0.05) is 20.4 Å². The minimum absolute atomic E-state index is 0. The molecule has 1 heteroatoms. The molecule has 0 amide bonds. The zero-order chi connectivity index (χ0) is 5.82. The fourth-order valence-electron chi connectivity index (χ4n) is 0.645. The third kappa shape index (κ3) is 2.79. The molecule has 0 aromatic heterocycles. The second kappa shape index (κ2) is 4.73. The first-order valence-electron chi connectivity index (χ1n) is 2.76. The molecule has 1 rings (SSSR count). The Bertz CT molecular complexity index is 146. The minimum Gasteiger partial charge on any atom is -0.339 e. The van der Waals surface area contributed by atoms with Crippen molar-refractivity contribution >= 4 is 0 Å². The molecule has 0 atom stereocenters. The quantitative estimate of drug-likeness (QED) is 0.695. The Morgan fingerprint density at radius 3 is 2.00 bits per heavy atom. The standard InChI is InChI=1S/C8H9.Re/c1-2-8-6-4-3-5-7-8;/h3-7H,1-2H2;/q-1;. The van der Waals surface area contributed by atoms with Crippen molar-refractivity contribution < 1.29 is 20.4 Å². The molecule has 0 N–H and O–H groups in total. The smallest absolute Gasteiger partial charge is 0 e. The molecule has 1 aromatic carbocycles. The molecule has 0 aliphatic rings. The first kappa shape index (κ1) is 8.88. The van der Waals surface area contributed by atoms with Gasteiger partial charge in [0.1, 0.15) is 0 Å². The van der Waals surface area contributed by atoms with Crippen LogP contribution in [-0.4, -0.2) is 0 Å². The third-order valence-corrected chi connectivity index (χ3v) is 1.13. The zero-order valence-electron chi connectivity index (χ0n) is 5.18. The minimum atomic E-state index is 0. The summed E-state index contributed by atoms with van der Waals surface area (Å²) in [6.07, 6.45) is 0.890. The van der Waals surface area contributed by atoms with E-state index in [4.69, 9.17) is 0 Å². The van der Waals surface area contributed by atoms with Crippen LogP contribution in [0.1, 0.15) is 5.56 Å². The third-order valence-electron chi connectivity index (χ3n) is 1.13. The van der Waals surface area contributed by atoms with Crippen molar-refractivity contribution in [2.45, 2.75) is 6.42 Å². The van der Waals surface area contributed by atoms with E-state index >= 15 is 0 Å². The van der Waals surface area contributed by atoms with Crippen LogP contribution < -0.4 is 0 Å². The van der Waals surface area contributed by atoms with Gasteiger partial charge in [0.05, 0.1) is 0 Å². The van der Waals surface area contributed by atoms with Gasteiger partial charge in [-0.1, -0.05) is 35.9 Å². The van der Waals surface area contributed by atoms with Crippen molar-refractivity contribution in [1.29, 1.82) is 0 Å². The summed E-state index contributed by atoms with van der Waals surface area (Å²) in [6, 6.07) is 10.2. The average Bonchev–Trinajstić information content (AvgIpc) is 1.90. The molecule has 0 spiro atoms. The van der Waals surface area contributed by atoms with Crippen LogP contribution in [0.4, 0.5) is 0 Å². The predicted octanol–water partition coefficient (Wildman–Crippen LogP) is 2.06. The summed E-state index contributed by atoms with van der Waals surface area (Å²) in [4.78, 5) is 0. The summed E-state index contributed by atoms with van der Waals surface area (Å²) in [6.45, 7) is 3.76. The Labute approximate surface area is 69.9 Å². The van der Waals surface area contributed by atoms with Crippen LogP contribution in [-0.2, 0) is 26.8 Å². The normalized spacial score (nSPS) is 8.11. The maximum absolute atomic E-state index is 3.76. The van der Waals surface area contributed by atoms with Crippen molar-refractivity contribution in [1.82, 2.24) is 0 Å². The fourth-order valence-corrected chi connectivity index (χ4v) is 0.645. The van der Waals surface area contributed by atoms with Gasteiger partial charge in [0.2, 0.25) is 0 Å². The van der Waals surface area contributed by atoms with Gasteiger partial charge in [-0.15, -0.1) is 0 Å². The second-order valence-electron chi connectivity index (χ2n) is 1.74. The van der Waals surface area contributed by atoms with E-state index in [1.807, 2.05) is 18.2 Å². The number of benzene rings is 1. The Kier molecular flexibility index (Phi) is 4.67. The topological polar surface area (TPSA) is 0 Å². The molecule has 0 heterocycles. The van der Waals surface area contributed by atoms with Crippen LogP contribution in [0.2, 0.25) is 0 Å². The molecule has 0 bridgehead atoms. The summed E-state index contributed by atoms with van der Waals surface area (Å²) in [7, 11) is 0. The molecule has 0 aliphatic heterocycles. The number of hydrogen-bond donors (Lipinski definition) is 0. The Morgan fingerprint density at radius 1 is 1.11 bits per heavy atom. The van der Waals surface area contributed by atoms with Gasteiger partial charge in [-0.05, 0) is 0 Å². The van der Waals surface area contributed by atoms with Gasteiger partial charge in [-0.3, -0.25) is 0 Å². The first-order chi connectivity index (χ1) is 3.93. The molecule has 0 saturated heterocycles. The molecule has 0 fully saturated rings. The van der Waals surface area contributed by atoms with Crippen molar-refractivity contribution in [3.8, 4) is 0 Å². The van der Waals surface area contributed by atoms with Crippen molar-refractivity contribution in [3.05, 3.63) is 42.8 Å². The van der Waals surface area contributed by atoms with Crippen molar-refractivity contribution in [2.75, 3.05) is 0 Å². The fraction of sp³-hybridized carbons (Fsp3) is 0.125. The van der Waals surface area contributed by atoms with E-state index in [0.717, 1.165) is 6.42 Å². The largest absolute Gasteiger partial charge is 0.339 e. The number of hydrogen-bond acceptors (Lipinski definition) is 0. The van der Waals surface area contributed by atoms with Gasteiger partial charge >= 0.3 is 0 Å². The Morgan fingerprint density at radius 2 is 1.67 bits per heavy atom. The van der Waals surface area contributed by atoms with Crippen LogP contribution in [0.3, 0.4) is 0 Å². The van der Waals surface area contributed by atoms with Gasteiger partial charge in [-0.2, -0.15) is 6.42 Å². The van der Waals surface area contributed by atoms with E-state index in [0.29, 0.717) is 0 Å². The van der Waals surface area contributed by atoms with Crippen molar-refractivity contribution in [3.63, 3.8) is 0 Å². The van der Waals surface area contributed by atoms with Gasteiger partial charge < -0.3 is 6.92 Å². The van der Waals surface area contributed by atoms with Gasteiger partial charge in [0.15, 0.2) is 0 Å². The number of rotatable bonds is 1. The SMILES string of the molecule is [CH2-]Cc1ccccc1.[Re]. The molecule has 1 radical (unpaired) electrons. The maximum atomic E-state index is 3.76. The molecule has 1 aromatic rings. The molecular formula is C8H9Re-. The van der Waals surface area contributed by atoms with Crippen LogP contribution in [0, 0.1) is 6.92 Å². The molecular weight excluding hydrogens is 282 g/mol. The van der Waals surface area contributed by atoms with E-state index in [2.05, 4.69) is 19.1 Å². The Balaban J connectivity index is 0.000000640. The van der Waals surface area contributed by atoms with Gasteiger partial charge in [-0.25, -0.2) is 0 Å².